The highest BCUT2D eigenvalue weighted by Crippen LogP contribution is 2.50. The number of aliphatic hydroxyl groups excluding tert-OH is 1. The lowest BCUT2D eigenvalue weighted by molar-refractivity contribution is -0.122. The quantitative estimate of drug-likeness (QED) is 0.187. The molecule has 4 atom stereocenters. The maximum Gasteiger partial charge on any atom is 0.488 e. The number of phenolic OH excluding ortho intramolecular Hbond substituents is 1. The molecule has 1 aliphatic carbocycles. The lowest BCUT2D eigenvalue weighted by Gasteiger charge is -2.31. The van der Waals surface area contributed by atoms with Gasteiger partial charge in [0.05, 0.1) is 36.8 Å². The second-order valence-electron chi connectivity index (χ2n) is 11.4. The molecule has 0 aromatic heterocycles. The summed E-state index contributed by atoms with van der Waals surface area (Å²) in [5.41, 5.74) is 4.50. The molecule has 0 radical (unpaired) electrons. The Morgan fingerprint density at radius 3 is 2.55 bits per heavy atom. The number of carbonyl (C=O) groups is 2. The van der Waals surface area contributed by atoms with Crippen LogP contribution in [0.4, 0.5) is 5.69 Å². The van der Waals surface area contributed by atoms with E-state index < -0.39 is 19.0 Å². The number of anilines is 1. The van der Waals surface area contributed by atoms with Crippen molar-refractivity contribution in [3.63, 3.8) is 0 Å². The van der Waals surface area contributed by atoms with E-state index in [9.17, 15) is 29.9 Å². The van der Waals surface area contributed by atoms with Crippen LogP contribution in [0, 0.1) is 17.8 Å². The SMILES string of the molecule is CC/C(=C\c1ccc(O)c2ccccc12)CC[C@H]1OC[C@H]2C1=C(CO)C[C@H]1C(=O)N(c3cccc(B(O)O)c3)C(=O)[C@H]12. The molecule has 42 heavy (non-hydrogen) atoms. The Labute approximate surface area is 244 Å². The number of aliphatic hydroxyl groups is 1. The fraction of sp³-hybridized carbons (Fsp3) is 0.333. The molecule has 0 saturated carbocycles. The van der Waals surface area contributed by atoms with Crippen molar-refractivity contribution in [1.82, 2.24) is 0 Å². The van der Waals surface area contributed by atoms with Crippen LogP contribution in [0.3, 0.4) is 0 Å². The maximum atomic E-state index is 13.7. The number of imide groups is 1. The largest absolute Gasteiger partial charge is 0.507 e. The summed E-state index contributed by atoms with van der Waals surface area (Å²) in [5, 5.41) is 41.6. The molecule has 0 bridgehead atoms. The molecule has 8 nitrogen and oxygen atoms in total. The Hall–Kier alpha value is -3.76. The first-order valence-corrected chi connectivity index (χ1v) is 14.5. The van der Waals surface area contributed by atoms with Crippen LogP contribution in [0.1, 0.15) is 38.2 Å². The van der Waals surface area contributed by atoms with Gasteiger partial charge in [-0.15, -0.1) is 0 Å². The first-order valence-electron chi connectivity index (χ1n) is 14.5. The summed E-state index contributed by atoms with van der Waals surface area (Å²) in [6, 6.07) is 17.6. The molecule has 2 aliphatic heterocycles. The zero-order chi connectivity index (χ0) is 29.5. The topological polar surface area (TPSA) is 128 Å². The molecule has 0 unspecified atom stereocenters. The molecule has 2 heterocycles. The van der Waals surface area contributed by atoms with Crippen LogP contribution in [0.25, 0.3) is 16.8 Å². The number of hydrogen-bond donors (Lipinski definition) is 4. The Morgan fingerprint density at radius 2 is 1.81 bits per heavy atom. The average molecular weight is 567 g/mol. The van der Waals surface area contributed by atoms with Crippen molar-refractivity contribution in [3.8, 4) is 5.75 Å². The predicted molar refractivity (Wildman–Crippen MR) is 161 cm³/mol. The first-order chi connectivity index (χ1) is 20.3. The fourth-order valence-corrected chi connectivity index (χ4v) is 7.02. The molecule has 3 aromatic carbocycles. The Balaban J connectivity index is 1.24. The van der Waals surface area contributed by atoms with Crippen molar-refractivity contribution >= 4 is 46.9 Å². The molecule has 3 aliphatic rings. The monoisotopic (exact) mass is 567 g/mol. The smallest absolute Gasteiger partial charge is 0.488 e. The molecule has 0 spiro atoms. The van der Waals surface area contributed by atoms with E-state index in [0.29, 0.717) is 25.1 Å². The zero-order valence-corrected chi connectivity index (χ0v) is 23.4. The molecule has 6 rings (SSSR count). The van der Waals surface area contributed by atoms with Gasteiger partial charge in [0.2, 0.25) is 11.8 Å². The molecule has 2 saturated heterocycles. The molecule has 2 fully saturated rings. The number of aromatic hydroxyl groups is 1. The minimum atomic E-state index is -1.71. The number of phenols is 1. The summed E-state index contributed by atoms with van der Waals surface area (Å²) in [7, 11) is -1.71. The van der Waals surface area contributed by atoms with Gasteiger partial charge in [0.25, 0.3) is 0 Å². The number of fused-ring (bicyclic) bond motifs is 4. The van der Waals surface area contributed by atoms with Gasteiger partial charge in [0.1, 0.15) is 5.75 Å². The van der Waals surface area contributed by atoms with Crippen LogP contribution in [-0.2, 0) is 14.3 Å². The molecule has 2 amide bonds. The summed E-state index contributed by atoms with van der Waals surface area (Å²) < 4.78 is 6.27. The second kappa shape index (κ2) is 11.5. The second-order valence-corrected chi connectivity index (χ2v) is 11.4. The lowest BCUT2D eigenvalue weighted by atomic mass is 9.69. The average Bonchev–Trinajstić information content (AvgIpc) is 3.54. The van der Waals surface area contributed by atoms with E-state index in [1.54, 1.807) is 18.2 Å². The maximum absolute atomic E-state index is 13.7. The van der Waals surface area contributed by atoms with Crippen molar-refractivity contribution < 1.29 is 34.6 Å². The van der Waals surface area contributed by atoms with Gasteiger partial charge in [0.15, 0.2) is 0 Å². The third-order valence-electron chi connectivity index (χ3n) is 9.10. The van der Waals surface area contributed by atoms with Gasteiger partial charge >= 0.3 is 7.12 Å². The minimum Gasteiger partial charge on any atom is -0.507 e. The summed E-state index contributed by atoms with van der Waals surface area (Å²) in [5.74, 6) is -1.86. The lowest BCUT2D eigenvalue weighted by Crippen LogP contribution is -2.35. The van der Waals surface area contributed by atoms with Crippen LogP contribution in [0.5, 0.6) is 5.75 Å². The van der Waals surface area contributed by atoms with Gasteiger partial charge in [-0.05, 0) is 71.4 Å². The number of benzene rings is 3. The highest BCUT2D eigenvalue weighted by atomic mass is 16.5. The van der Waals surface area contributed by atoms with Gasteiger partial charge < -0.3 is 25.0 Å². The Kier molecular flexibility index (Phi) is 7.76. The number of allylic oxidation sites excluding steroid dienone is 1. The number of amides is 2. The number of carbonyl (C=O) groups excluding carboxylic acids is 2. The van der Waals surface area contributed by atoms with Crippen molar-refractivity contribution in [3.05, 3.63) is 82.9 Å². The van der Waals surface area contributed by atoms with Crippen molar-refractivity contribution in [1.29, 1.82) is 0 Å². The zero-order valence-electron chi connectivity index (χ0n) is 23.4. The predicted octanol–water partition coefficient (Wildman–Crippen LogP) is 3.31. The summed E-state index contributed by atoms with van der Waals surface area (Å²) in [6.45, 7) is 2.22. The minimum absolute atomic E-state index is 0.196. The van der Waals surface area contributed by atoms with Crippen molar-refractivity contribution in [2.75, 3.05) is 18.1 Å². The van der Waals surface area contributed by atoms with Crippen molar-refractivity contribution in [2.24, 2.45) is 17.8 Å². The fourth-order valence-electron chi connectivity index (χ4n) is 7.02. The van der Waals surface area contributed by atoms with E-state index in [-0.39, 0.29) is 41.7 Å². The van der Waals surface area contributed by atoms with Gasteiger partial charge in [0, 0.05) is 11.3 Å². The third-order valence-corrected chi connectivity index (χ3v) is 9.10. The van der Waals surface area contributed by atoms with Crippen LogP contribution in [-0.4, -0.2) is 58.5 Å². The van der Waals surface area contributed by atoms with Crippen LogP contribution in [0.15, 0.2) is 77.4 Å². The van der Waals surface area contributed by atoms with E-state index in [4.69, 9.17) is 4.74 Å². The van der Waals surface area contributed by atoms with E-state index in [1.807, 2.05) is 30.3 Å². The first kappa shape index (κ1) is 28.4. The summed E-state index contributed by atoms with van der Waals surface area (Å²) in [4.78, 5) is 28.4. The number of ether oxygens (including phenoxy) is 1. The number of hydrogen-bond acceptors (Lipinski definition) is 7. The van der Waals surface area contributed by atoms with Crippen LogP contribution in [0.2, 0.25) is 0 Å². The standard InChI is InChI=1S/C33H34BNO7/c1-2-19(14-20-11-12-28(37)25-9-4-3-8-24(20)25)10-13-29-30-21(17-36)15-26-31(27(30)18-42-29)33(39)35(32(26)38)23-7-5-6-22(16-23)34(40)41/h3-9,11-12,14,16,26-27,29,31,36-37,40-41H,2,10,13,15,17-18H2,1H3/b19-14+/t26-,27+,29-,31-/m1/s1. The van der Waals surface area contributed by atoms with Crippen LogP contribution >= 0.6 is 0 Å². The highest BCUT2D eigenvalue weighted by Gasteiger charge is 2.57. The molecular weight excluding hydrogens is 533 g/mol. The number of nitrogens with zero attached hydrogens (tertiary/aromatic N) is 1. The Morgan fingerprint density at radius 1 is 1.02 bits per heavy atom. The van der Waals surface area contributed by atoms with Gasteiger partial charge in [-0.3, -0.25) is 14.5 Å². The molecular formula is C33H34BNO7. The van der Waals surface area contributed by atoms with Gasteiger partial charge in [-0.1, -0.05) is 61.0 Å². The summed E-state index contributed by atoms with van der Waals surface area (Å²) >= 11 is 0. The van der Waals surface area contributed by atoms with E-state index in [2.05, 4.69) is 13.0 Å². The van der Waals surface area contributed by atoms with Gasteiger partial charge in [-0.2, -0.15) is 0 Å². The van der Waals surface area contributed by atoms with E-state index in [0.717, 1.165) is 45.2 Å². The molecule has 216 valence electrons. The van der Waals surface area contributed by atoms with E-state index >= 15 is 0 Å². The van der Waals surface area contributed by atoms with Crippen LogP contribution < -0.4 is 10.4 Å². The van der Waals surface area contributed by atoms with E-state index in [1.165, 1.54) is 17.7 Å². The number of rotatable bonds is 8. The highest BCUT2D eigenvalue weighted by molar-refractivity contribution is 6.58. The third kappa shape index (κ3) is 4.86. The van der Waals surface area contributed by atoms with Crippen molar-refractivity contribution in [2.45, 2.75) is 38.7 Å². The molecule has 3 aromatic rings. The van der Waals surface area contributed by atoms with Gasteiger partial charge in [-0.25, -0.2) is 0 Å². The Bertz CT molecular complexity index is 1610. The molecule has 4 N–H and O–H groups in total. The summed E-state index contributed by atoms with van der Waals surface area (Å²) in [6.07, 6.45) is 4.49. The normalized spacial score (nSPS) is 24.0. The molecule has 9 heteroatoms.